The minimum atomic E-state index is -1.33. The fourth-order valence-corrected chi connectivity index (χ4v) is 2.91. The molecule has 9 heteroatoms. The Kier molecular flexibility index (Phi) is 4.40. The van der Waals surface area contributed by atoms with Crippen molar-refractivity contribution in [3.8, 4) is 22.9 Å². The predicted molar refractivity (Wildman–Crippen MR) is 97.7 cm³/mol. The van der Waals surface area contributed by atoms with Gasteiger partial charge in [0.2, 0.25) is 5.88 Å². The SMILES string of the molecule is O=C(O)c1cc2c(-c3ccccc3Cl)n[nH]c2nc1Oc1ccc(F)cc1F. The van der Waals surface area contributed by atoms with Crippen molar-refractivity contribution in [1.29, 1.82) is 0 Å². The second-order valence-electron chi connectivity index (χ2n) is 5.77. The van der Waals surface area contributed by atoms with E-state index in [4.69, 9.17) is 16.3 Å². The molecular formula is C19H10ClF2N3O3. The van der Waals surface area contributed by atoms with E-state index in [1.54, 1.807) is 24.3 Å². The van der Waals surface area contributed by atoms with Crippen LogP contribution in [0.15, 0.2) is 48.5 Å². The number of carbonyl (C=O) groups is 1. The normalized spacial score (nSPS) is 11.0. The van der Waals surface area contributed by atoms with Crippen molar-refractivity contribution in [3.63, 3.8) is 0 Å². The van der Waals surface area contributed by atoms with Gasteiger partial charge in [-0.3, -0.25) is 5.10 Å². The molecule has 0 spiro atoms. The molecule has 6 nitrogen and oxygen atoms in total. The minimum absolute atomic E-state index is 0.220. The number of aromatic carboxylic acids is 1. The molecule has 2 aromatic carbocycles. The molecule has 0 fully saturated rings. The average Bonchev–Trinajstić information content (AvgIpc) is 3.06. The Hall–Kier alpha value is -3.52. The summed E-state index contributed by atoms with van der Waals surface area (Å²) in [6.45, 7) is 0. The Morgan fingerprint density at radius 2 is 1.93 bits per heavy atom. The number of ether oxygens (including phenoxy) is 1. The van der Waals surface area contributed by atoms with Gasteiger partial charge in [-0.1, -0.05) is 29.8 Å². The van der Waals surface area contributed by atoms with Crippen LogP contribution in [0.1, 0.15) is 10.4 Å². The first-order chi connectivity index (χ1) is 13.4. The lowest BCUT2D eigenvalue weighted by atomic mass is 10.1. The van der Waals surface area contributed by atoms with E-state index in [2.05, 4.69) is 15.2 Å². The van der Waals surface area contributed by atoms with E-state index < -0.39 is 17.6 Å². The van der Waals surface area contributed by atoms with E-state index in [-0.39, 0.29) is 22.8 Å². The van der Waals surface area contributed by atoms with Crippen LogP contribution in [0.4, 0.5) is 8.78 Å². The zero-order valence-corrected chi connectivity index (χ0v) is 14.7. The second-order valence-corrected chi connectivity index (χ2v) is 6.18. The molecule has 0 aliphatic carbocycles. The number of H-pyrrole nitrogens is 1. The molecule has 140 valence electrons. The molecule has 0 amide bonds. The molecule has 0 unspecified atom stereocenters. The van der Waals surface area contributed by atoms with Crippen LogP contribution in [0.25, 0.3) is 22.3 Å². The van der Waals surface area contributed by atoms with Gasteiger partial charge >= 0.3 is 5.97 Å². The highest BCUT2D eigenvalue weighted by Crippen LogP contribution is 2.34. The summed E-state index contributed by atoms with van der Waals surface area (Å²) in [5.74, 6) is -3.83. The molecule has 2 aromatic heterocycles. The van der Waals surface area contributed by atoms with Gasteiger partial charge < -0.3 is 9.84 Å². The molecule has 2 N–H and O–H groups in total. The molecule has 0 atom stereocenters. The first kappa shape index (κ1) is 17.9. The number of benzene rings is 2. The molecule has 0 aliphatic rings. The van der Waals surface area contributed by atoms with Gasteiger partial charge in [-0.05, 0) is 24.3 Å². The van der Waals surface area contributed by atoms with Crippen molar-refractivity contribution in [1.82, 2.24) is 15.2 Å². The number of nitrogens with one attached hydrogen (secondary N) is 1. The summed E-state index contributed by atoms with van der Waals surface area (Å²) in [4.78, 5) is 15.8. The summed E-state index contributed by atoms with van der Waals surface area (Å²) in [6, 6.07) is 10.9. The highest BCUT2D eigenvalue weighted by molar-refractivity contribution is 6.33. The van der Waals surface area contributed by atoms with Gasteiger partial charge in [0.1, 0.15) is 17.1 Å². The number of aromatic nitrogens is 3. The fraction of sp³-hybridized carbons (Fsp3) is 0. The highest BCUT2D eigenvalue weighted by Gasteiger charge is 2.21. The van der Waals surface area contributed by atoms with Gasteiger partial charge in [0.25, 0.3) is 0 Å². The Labute approximate surface area is 161 Å². The molecule has 0 bridgehead atoms. The number of nitrogens with zero attached hydrogens (tertiary/aromatic N) is 2. The van der Waals surface area contributed by atoms with Crippen LogP contribution in [0.3, 0.4) is 0 Å². The van der Waals surface area contributed by atoms with E-state index in [1.165, 1.54) is 6.07 Å². The third-order valence-electron chi connectivity index (χ3n) is 3.98. The number of carboxylic acids is 1. The van der Waals surface area contributed by atoms with Crippen LogP contribution in [0.5, 0.6) is 11.6 Å². The third kappa shape index (κ3) is 3.14. The summed E-state index contributed by atoms with van der Waals surface area (Å²) in [5.41, 5.74) is 0.908. The van der Waals surface area contributed by atoms with E-state index in [1.807, 2.05) is 0 Å². The molecule has 0 saturated carbocycles. The van der Waals surface area contributed by atoms with Crippen LogP contribution in [-0.4, -0.2) is 26.3 Å². The van der Waals surface area contributed by atoms with Crippen molar-refractivity contribution in [3.05, 3.63) is 70.8 Å². The Morgan fingerprint density at radius 3 is 2.64 bits per heavy atom. The monoisotopic (exact) mass is 401 g/mol. The first-order valence-electron chi connectivity index (χ1n) is 7.94. The van der Waals surface area contributed by atoms with Gasteiger partial charge in [0.15, 0.2) is 17.2 Å². The topological polar surface area (TPSA) is 88.1 Å². The van der Waals surface area contributed by atoms with Crippen molar-refractivity contribution in [2.24, 2.45) is 0 Å². The van der Waals surface area contributed by atoms with E-state index in [0.717, 1.165) is 12.1 Å². The van der Waals surface area contributed by atoms with Crippen molar-refractivity contribution in [2.75, 3.05) is 0 Å². The molecule has 4 aromatic rings. The Morgan fingerprint density at radius 1 is 1.14 bits per heavy atom. The zero-order chi connectivity index (χ0) is 19.8. The number of hydrogen-bond acceptors (Lipinski definition) is 4. The zero-order valence-electron chi connectivity index (χ0n) is 13.9. The first-order valence-corrected chi connectivity index (χ1v) is 8.32. The standard InChI is InChI=1S/C19H10ClF2N3O3/c20-13-4-2-1-3-10(13)16-11-8-12(19(26)27)18(23-17(11)25-24-16)28-15-6-5-9(21)7-14(15)22/h1-8H,(H,26,27)(H,23,24,25). The van der Waals surface area contributed by atoms with Crippen LogP contribution in [-0.2, 0) is 0 Å². The van der Waals surface area contributed by atoms with Crippen LogP contribution in [0, 0.1) is 11.6 Å². The second kappa shape index (κ2) is 6.90. The van der Waals surface area contributed by atoms with Gasteiger partial charge in [0.05, 0.1) is 5.02 Å². The maximum Gasteiger partial charge on any atom is 0.341 e. The quantitative estimate of drug-likeness (QED) is 0.499. The summed E-state index contributed by atoms with van der Waals surface area (Å²) >= 11 is 6.20. The maximum absolute atomic E-state index is 13.9. The highest BCUT2D eigenvalue weighted by atomic mass is 35.5. The van der Waals surface area contributed by atoms with Gasteiger partial charge in [-0.25, -0.2) is 13.6 Å². The Balaban J connectivity index is 1.86. The molecule has 4 rings (SSSR count). The smallest absolute Gasteiger partial charge is 0.341 e. The molecule has 0 aliphatic heterocycles. The number of halogens is 3. The molecule has 2 heterocycles. The van der Waals surface area contributed by atoms with Crippen molar-refractivity contribution in [2.45, 2.75) is 0 Å². The number of carboxylic acid groups (broad SMARTS) is 1. The average molecular weight is 402 g/mol. The molecular weight excluding hydrogens is 392 g/mol. The summed E-state index contributed by atoms with van der Waals surface area (Å²) < 4.78 is 32.2. The van der Waals surface area contributed by atoms with Crippen LogP contribution >= 0.6 is 11.6 Å². The predicted octanol–water partition coefficient (Wildman–Crippen LogP) is 5.05. The van der Waals surface area contributed by atoms with Crippen molar-refractivity contribution < 1.29 is 23.4 Å². The third-order valence-corrected chi connectivity index (χ3v) is 4.31. The summed E-state index contributed by atoms with van der Waals surface area (Å²) in [6.07, 6.45) is 0. The number of pyridine rings is 1. The van der Waals surface area contributed by atoms with Gasteiger partial charge in [-0.2, -0.15) is 10.1 Å². The van der Waals surface area contributed by atoms with Crippen LogP contribution in [0.2, 0.25) is 5.02 Å². The largest absolute Gasteiger partial charge is 0.477 e. The molecule has 28 heavy (non-hydrogen) atoms. The number of aromatic amines is 1. The van der Waals surface area contributed by atoms with E-state index >= 15 is 0 Å². The number of rotatable bonds is 4. The molecule has 0 saturated heterocycles. The molecule has 0 radical (unpaired) electrons. The number of hydrogen-bond donors (Lipinski definition) is 2. The van der Waals surface area contributed by atoms with Crippen molar-refractivity contribution >= 4 is 28.6 Å². The van der Waals surface area contributed by atoms with Gasteiger partial charge in [0, 0.05) is 17.0 Å². The summed E-state index contributed by atoms with van der Waals surface area (Å²) in [5, 5.41) is 17.2. The lowest BCUT2D eigenvalue weighted by molar-refractivity contribution is 0.0693. The minimum Gasteiger partial charge on any atom is -0.477 e. The number of fused-ring (bicyclic) bond motifs is 1. The van der Waals surface area contributed by atoms with Gasteiger partial charge in [-0.15, -0.1) is 0 Å². The maximum atomic E-state index is 13.9. The lowest BCUT2D eigenvalue weighted by Gasteiger charge is -2.09. The summed E-state index contributed by atoms with van der Waals surface area (Å²) in [7, 11) is 0. The fourth-order valence-electron chi connectivity index (χ4n) is 2.68. The van der Waals surface area contributed by atoms with E-state index in [0.29, 0.717) is 27.7 Å². The lowest BCUT2D eigenvalue weighted by Crippen LogP contribution is -2.03. The van der Waals surface area contributed by atoms with E-state index in [9.17, 15) is 18.7 Å². The Bertz CT molecular complexity index is 1230. The van der Waals surface area contributed by atoms with Crippen LogP contribution < -0.4 is 4.74 Å².